The van der Waals surface area contributed by atoms with E-state index in [1.807, 2.05) is 0 Å². The maximum absolute atomic E-state index is 12.3. The zero-order chi connectivity index (χ0) is 34.7. The minimum Gasteiger partial charge on any atom is -0.505 e. The van der Waals surface area contributed by atoms with Crippen molar-refractivity contribution in [1.29, 1.82) is 0 Å². The Morgan fingerprint density at radius 2 is 1.39 bits per heavy atom. The molecule has 0 saturated carbocycles. The molecule has 0 heterocycles. The molecule has 0 aliphatic rings. The Kier molecular flexibility index (Phi) is 10.4. The summed E-state index contributed by atoms with van der Waals surface area (Å²) in [5.74, 6) is -4.63. The van der Waals surface area contributed by atoms with Gasteiger partial charge in [0.1, 0.15) is 22.0 Å². The molecule has 3 rings (SSSR count). The Labute approximate surface area is 260 Å². The predicted molar refractivity (Wildman–Crippen MR) is 155 cm³/mol. The van der Waals surface area contributed by atoms with Crippen LogP contribution in [0.15, 0.2) is 95.7 Å². The Morgan fingerprint density at radius 3 is 1.93 bits per heavy atom. The fourth-order valence-electron chi connectivity index (χ4n) is 3.35. The van der Waals surface area contributed by atoms with Gasteiger partial charge in [0.25, 0.3) is 10.1 Å². The van der Waals surface area contributed by atoms with Gasteiger partial charge in [0.2, 0.25) is 0 Å². The van der Waals surface area contributed by atoms with Crippen LogP contribution in [0.4, 0.5) is 22.7 Å². The zero-order valence-electron chi connectivity index (χ0n) is 22.6. The molecular formula is C23H20N4O15S4. The monoisotopic (exact) mass is 720 g/mol. The van der Waals surface area contributed by atoms with Gasteiger partial charge in [-0.1, -0.05) is 6.58 Å². The topological polar surface area (TPSA) is 313 Å². The summed E-state index contributed by atoms with van der Waals surface area (Å²) in [7, 11) is -18.2. The normalized spacial score (nSPS) is 12.9. The molecule has 0 unspecified atom stereocenters. The number of carbonyl (C=O) groups is 1. The van der Waals surface area contributed by atoms with Crippen molar-refractivity contribution in [2.45, 2.75) is 14.7 Å². The molecule has 0 fully saturated rings. The Balaban J connectivity index is 2.01. The maximum atomic E-state index is 12.3. The van der Waals surface area contributed by atoms with E-state index in [1.165, 1.54) is 0 Å². The molecule has 0 amide bonds. The first-order valence-corrected chi connectivity index (χ1v) is 17.8. The Hall–Kier alpha value is -4.65. The lowest BCUT2D eigenvalue weighted by molar-refractivity contribution is 0.0696. The van der Waals surface area contributed by atoms with Crippen LogP contribution in [0.25, 0.3) is 0 Å². The molecule has 0 atom stereocenters. The highest BCUT2D eigenvalue weighted by molar-refractivity contribution is 7.94. The van der Waals surface area contributed by atoms with Crippen LogP contribution in [-0.4, -0.2) is 76.4 Å². The van der Waals surface area contributed by atoms with E-state index < -0.39 is 102 Å². The van der Waals surface area contributed by atoms with E-state index >= 15 is 0 Å². The second-order valence-corrected chi connectivity index (χ2v) is 15.1. The highest BCUT2D eigenvalue weighted by Crippen LogP contribution is 2.47. The van der Waals surface area contributed by atoms with Gasteiger partial charge < -0.3 is 15.3 Å². The third kappa shape index (κ3) is 8.75. The van der Waals surface area contributed by atoms with Crippen LogP contribution in [0.3, 0.4) is 0 Å². The smallest absolute Gasteiger partial charge is 0.397 e. The number of nitrogens with zero attached hydrogens (tertiary/aromatic N) is 4. The van der Waals surface area contributed by atoms with Gasteiger partial charge in [0.15, 0.2) is 31.1 Å². The van der Waals surface area contributed by atoms with E-state index in [0.717, 1.165) is 36.4 Å². The summed E-state index contributed by atoms with van der Waals surface area (Å²) >= 11 is 0. The summed E-state index contributed by atoms with van der Waals surface area (Å²) < 4.78 is 116. The van der Waals surface area contributed by atoms with Crippen molar-refractivity contribution in [3.8, 4) is 11.5 Å². The molecule has 0 spiro atoms. The lowest BCUT2D eigenvalue weighted by Crippen LogP contribution is -2.15. The van der Waals surface area contributed by atoms with Gasteiger partial charge in [-0.3, -0.25) is 9.11 Å². The van der Waals surface area contributed by atoms with Crippen molar-refractivity contribution in [1.82, 2.24) is 0 Å². The highest BCUT2D eigenvalue weighted by atomic mass is 32.3. The number of aromatic carboxylic acids is 1. The number of azo groups is 2. The molecule has 3 aromatic rings. The first-order valence-electron chi connectivity index (χ1n) is 11.8. The summed E-state index contributed by atoms with van der Waals surface area (Å²) in [4.78, 5) is 9.84. The fraction of sp³-hybridized carbons (Fsp3) is 0.0870. The van der Waals surface area contributed by atoms with Gasteiger partial charge in [-0.25, -0.2) is 25.8 Å². The number of carboxylic acid groups (broad SMARTS) is 1. The van der Waals surface area contributed by atoms with Gasteiger partial charge >= 0.3 is 16.4 Å². The molecule has 19 nitrogen and oxygen atoms in total. The zero-order valence-corrected chi connectivity index (χ0v) is 25.8. The number of phenols is 2. The van der Waals surface area contributed by atoms with Crippen molar-refractivity contribution in [3.63, 3.8) is 0 Å². The van der Waals surface area contributed by atoms with Gasteiger partial charge in [0.05, 0.1) is 33.4 Å². The van der Waals surface area contributed by atoms with E-state index in [-0.39, 0.29) is 10.6 Å². The maximum Gasteiger partial charge on any atom is 0.397 e. The van der Waals surface area contributed by atoms with Crippen LogP contribution >= 0.6 is 0 Å². The van der Waals surface area contributed by atoms with Crippen LogP contribution in [0.2, 0.25) is 0 Å². The molecular weight excluding hydrogens is 701 g/mol. The molecule has 0 radical (unpaired) electrons. The molecule has 246 valence electrons. The molecule has 0 bridgehead atoms. The largest absolute Gasteiger partial charge is 0.505 e. The van der Waals surface area contributed by atoms with Gasteiger partial charge in [-0.2, -0.15) is 21.9 Å². The molecule has 5 N–H and O–H groups in total. The van der Waals surface area contributed by atoms with E-state index in [2.05, 4.69) is 31.2 Å². The molecule has 0 saturated heterocycles. The summed E-state index contributed by atoms with van der Waals surface area (Å²) in [6, 6.07) is 7.15. The molecule has 0 aromatic heterocycles. The van der Waals surface area contributed by atoms with Crippen molar-refractivity contribution >= 4 is 68.9 Å². The van der Waals surface area contributed by atoms with E-state index in [9.17, 15) is 58.3 Å². The van der Waals surface area contributed by atoms with Gasteiger partial charge in [-0.15, -0.1) is 15.3 Å². The first-order chi connectivity index (χ1) is 21.2. The SMILES string of the molecule is C=CS(=O)(=O)c1ccc(N=Nc2c(O)cc(C(=O)O)c(N=Nc3ccc(S(=O)(=O)CCOS(=O)(=O)O)cc3)c2O)c(S(=O)(=O)O)c1. The second kappa shape index (κ2) is 13.4. The van der Waals surface area contributed by atoms with E-state index in [0.29, 0.717) is 17.5 Å². The fourth-order valence-corrected chi connectivity index (χ4v) is 6.30. The molecule has 0 aliphatic heterocycles. The van der Waals surface area contributed by atoms with Gasteiger partial charge in [0, 0.05) is 5.41 Å². The molecule has 0 aliphatic carbocycles. The Morgan fingerprint density at radius 1 is 0.804 bits per heavy atom. The standard InChI is InChI=1S/C23H20N4O15S4/c1-2-43(32,33)15-7-8-17(19(11-15)45(36,37)38)25-27-21-18(28)12-16(23(30)31)20(22(21)29)26-24-13-3-5-14(6-4-13)44(34,35)10-9-42-46(39,40)41/h2-8,11-12,28-29H,1,9-10H2,(H,30,31)(H,36,37,38)(H,39,40,41). The second-order valence-electron chi connectivity index (χ2n) is 8.57. The number of sulfone groups is 2. The number of aromatic hydroxyl groups is 2. The highest BCUT2D eigenvalue weighted by Gasteiger charge is 2.24. The summed E-state index contributed by atoms with van der Waals surface area (Å²) in [6.45, 7) is 2.23. The van der Waals surface area contributed by atoms with Crippen LogP contribution in [0, 0.1) is 0 Å². The van der Waals surface area contributed by atoms with Crippen LogP contribution in [0.1, 0.15) is 10.4 Å². The average Bonchev–Trinajstić information content (AvgIpc) is 2.95. The third-order valence-electron chi connectivity index (χ3n) is 5.52. The number of phenolic OH excluding ortho intramolecular Hbond substituents is 2. The lowest BCUT2D eigenvalue weighted by atomic mass is 10.1. The van der Waals surface area contributed by atoms with Crippen molar-refractivity contribution in [2.75, 3.05) is 12.4 Å². The van der Waals surface area contributed by atoms with Crippen LogP contribution in [-0.2, 0) is 44.4 Å². The first kappa shape index (κ1) is 35.8. The number of hydrogen-bond donors (Lipinski definition) is 5. The molecule has 3 aromatic carbocycles. The quantitative estimate of drug-likeness (QED) is 0.125. The summed E-state index contributed by atoms with van der Waals surface area (Å²) in [5, 5.41) is 45.5. The Bertz CT molecular complexity index is 2210. The number of rotatable bonds is 13. The minimum atomic E-state index is -5.10. The molecule has 23 heteroatoms. The van der Waals surface area contributed by atoms with E-state index in [1.54, 1.807) is 0 Å². The average molecular weight is 721 g/mol. The van der Waals surface area contributed by atoms with E-state index in [4.69, 9.17) is 4.55 Å². The van der Waals surface area contributed by atoms with Gasteiger partial charge in [-0.05, 0) is 48.5 Å². The van der Waals surface area contributed by atoms with Crippen LogP contribution in [0.5, 0.6) is 11.5 Å². The number of hydrogen-bond acceptors (Lipinski definition) is 16. The third-order valence-corrected chi connectivity index (χ3v) is 9.91. The molecule has 46 heavy (non-hydrogen) atoms. The van der Waals surface area contributed by atoms with Crippen molar-refractivity contribution in [3.05, 3.63) is 66.1 Å². The van der Waals surface area contributed by atoms with Crippen LogP contribution < -0.4 is 0 Å². The van der Waals surface area contributed by atoms with Crippen molar-refractivity contribution in [2.24, 2.45) is 20.5 Å². The number of carboxylic acids is 1. The summed E-state index contributed by atoms with van der Waals surface area (Å²) in [6.07, 6.45) is 0. The lowest BCUT2D eigenvalue weighted by Gasteiger charge is -2.09. The minimum absolute atomic E-state index is 0.0903. The summed E-state index contributed by atoms with van der Waals surface area (Å²) in [5.41, 5.74) is -3.19. The predicted octanol–water partition coefficient (Wildman–Crippen LogP) is 3.38. The van der Waals surface area contributed by atoms with Crippen molar-refractivity contribution < 1.29 is 67.1 Å². The number of benzene rings is 3.